The van der Waals surface area contributed by atoms with Crippen LogP contribution >= 0.6 is 0 Å². The van der Waals surface area contributed by atoms with E-state index >= 15 is 0 Å². The lowest BCUT2D eigenvalue weighted by Gasteiger charge is -2.11. The van der Waals surface area contributed by atoms with E-state index in [0.717, 1.165) is 52.1 Å². The van der Waals surface area contributed by atoms with Crippen molar-refractivity contribution in [2.75, 3.05) is 13.1 Å². The zero-order chi connectivity index (χ0) is 20.5. The summed E-state index contributed by atoms with van der Waals surface area (Å²) in [5.41, 5.74) is 6.24. The molecule has 6 nitrogen and oxygen atoms in total. The maximum absolute atomic E-state index is 12.5. The molecule has 1 aromatic carbocycles. The van der Waals surface area contributed by atoms with Crippen LogP contribution in [0.25, 0.3) is 33.4 Å². The molecule has 0 aliphatic carbocycles. The maximum Gasteiger partial charge on any atom is 0.340 e. The zero-order valence-electron chi connectivity index (χ0n) is 16.7. The lowest BCUT2D eigenvalue weighted by atomic mass is 10.0. The Hall–Kier alpha value is -3.51. The molecular weight excluding hydrogens is 376 g/mol. The number of ether oxygens (including phenoxy) is 1. The molecule has 1 fully saturated rings. The normalized spacial score (nSPS) is 16.1. The molecule has 1 atom stereocenters. The molecule has 0 radical (unpaired) electrons. The molecule has 6 heteroatoms. The van der Waals surface area contributed by atoms with Crippen LogP contribution in [0.1, 0.15) is 22.5 Å². The summed E-state index contributed by atoms with van der Waals surface area (Å²) in [7, 11) is 0. The number of benzene rings is 1. The highest BCUT2D eigenvalue weighted by atomic mass is 16.5. The second-order valence-electron chi connectivity index (χ2n) is 7.58. The van der Waals surface area contributed by atoms with Gasteiger partial charge < -0.3 is 15.0 Å². The molecule has 0 amide bonds. The fraction of sp³-hybridized carbons (Fsp3) is 0.208. The van der Waals surface area contributed by atoms with Gasteiger partial charge in [0.15, 0.2) is 0 Å². The molecule has 1 aliphatic heterocycles. The molecule has 0 unspecified atom stereocenters. The number of aromatic nitrogens is 3. The number of hydrogen-bond acceptors (Lipinski definition) is 5. The Morgan fingerprint density at radius 1 is 1.17 bits per heavy atom. The van der Waals surface area contributed by atoms with E-state index in [-0.39, 0.29) is 12.1 Å². The first-order valence-corrected chi connectivity index (χ1v) is 10.1. The van der Waals surface area contributed by atoms with E-state index in [9.17, 15) is 4.79 Å². The van der Waals surface area contributed by atoms with Gasteiger partial charge in [-0.3, -0.25) is 9.97 Å². The summed E-state index contributed by atoms with van der Waals surface area (Å²) in [6.45, 7) is 3.57. The monoisotopic (exact) mass is 398 g/mol. The van der Waals surface area contributed by atoms with Gasteiger partial charge in [-0.15, -0.1) is 0 Å². The number of H-pyrrole nitrogens is 1. The maximum atomic E-state index is 12.5. The third-order valence-electron chi connectivity index (χ3n) is 5.41. The molecule has 0 saturated carbocycles. The van der Waals surface area contributed by atoms with Gasteiger partial charge in [0.2, 0.25) is 0 Å². The number of aryl methyl sites for hydroxylation is 1. The van der Waals surface area contributed by atoms with Crippen molar-refractivity contribution in [3.05, 3.63) is 72.2 Å². The van der Waals surface area contributed by atoms with Crippen LogP contribution in [0.2, 0.25) is 0 Å². The zero-order valence-corrected chi connectivity index (χ0v) is 16.7. The van der Waals surface area contributed by atoms with E-state index in [0.29, 0.717) is 12.1 Å². The molecule has 3 aromatic heterocycles. The number of rotatable bonds is 4. The Balaban J connectivity index is 1.49. The number of carbonyl (C=O) groups is 1. The highest BCUT2D eigenvalue weighted by Crippen LogP contribution is 2.32. The Labute approximate surface area is 174 Å². The van der Waals surface area contributed by atoms with E-state index < -0.39 is 0 Å². The molecule has 4 heterocycles. The molecule has 1 aliphatic rings. The van der Waals surface area contributed by atoms with Gasteiger partial charge in [-0.1, -0.05) is 12.1 Å². The molecule has 1 saturated heterocycles. The number of pyridine rings is 2. The Bertz CT molecular complexity index is 1220. The molecular formula is C24H22N4O2. The largest absolute Gasteiger partial charge is 0.457 e. The third kappa shape index (κ3) is 3.57. The van der Waals surface area contributed by atoms with E-state index in [4.69, 9.17) is 4.74 Å². The topological polar surface area (TPSA) is 79.9 Å². The number of nitrogens with zero attached hydrogens (tertiary/aromatic N) is 2. The van der Waals surface area contributed by atoms with E-state index in [1.54, 1.807) is 6.20 Å². The van der Waals surface area contributed by atoms with Crippen molar-refractivity contribution < 1.29 is 9.53 Å². The van der Waals surface area contributed by atoms with Crippen LogP contribution < -0.4 is 5.32 Å². The number of fused-ring (bicyclic) bond motifs is 1. The highest BCUT2D eigenvalue weighted by Gasteiger charge is 2.20. The molecule has 30 heavy (non-hydrogen) atoms. The summed E-state index contributed by atoms with van der Waals surface area (Å²) < 4.78 is 5.58. The van der Waals surface area contributed by atoms with Crippen LogP contribution in [0.3, 0.4) is 0 Å². The van der Waals surface area contributed by atoms with Crippen LogP contribution in [0.5, 0.6) is 0 Å². The van der Waals surface area contributed by atoms with E-state index in [1.165, 1.54) is 0 Å². The standard InChI is InChI=1S/C24H22N4O2/c1-15-3-2-4-22(28-15)23-20(8-10-26-23)16-5-6-21-17(11-16)12-18(13-27-21)24(29)30-19-7-9-25-14-19/h2-6,8,10-13,19,25-26H,7,9,14H2,1H3/t19-/m0/s1. The van der Waals surface area contributed by atoms with E-state index in [2.05, 4.69) is 26.3 Å². The van der Waals surface area contributed by atoms with Crippen molar-refractivity contribution in [2.45, 2.75) is 19.4 Å². The van der Waals surface area contributed by atoms with Crippen LogP contribution in [-0.2, 0) is 4.74 Å². The van der Waals surface area contributed by atoms with Gasteiger partial charge in [0.05, 0.1) is 22.5 Å². The first-order chi connectivity index (χ1) is 14.7. The van der Waals surface area contributed by atoms with Crippen molar-refractivity contribution in [1.29, 1.82) is 0 Å². The summed E-state index contributed by atoms with van der Waals surface area (Å²) >= 11 is 0. The first-order valence-electron chi connectivity index (χ1n) is 10.1. The molecule has 150 valence electrons. The second-order valence-corrected chi connectivity index (χ2v) is 7.58. The Kier molecular flexibility index (Phi) is 4.77. The predicted molar refractivity (Wildman–Crippen MR) is 116 cm³/mol. The summed E-state index contributed by atoms with van der Waals surface area (Å²) in [5, 5.41) is 4.10. The van der Waals surface area contributed by atoms with Crippen LogP contribution in [0.15, 0.2) is 60.9 Å². The molecule has 0 bridgehead atoms. The minimum absolute atomic E-state index is 0.0659. The van der Waals surface area contributed by atoms with Crippen LogP contribution in [0, 0.1) is 6.92 Å². The quantitative estimate of drug-likeness (QED) is 0.506. The average molecular weight is 398 g/mol. The minimum atomic E-state index is -0.324. The smallest absolute Gasteiger partial charge is 0.340 e. The van der Waals surface area contributed by atoms with Gasteiger partial charge >= 0.3 is 5.97 Å². The fourth-order valence-electron chi connectivity index (χ4n) is 3.86. The van der Waals surface area contributed by atoms with Gasteiger partial charge in [-0.25, -0.2) is 4.79 Å². The van der Waals surface area contributed by atoms with Crippen molar-refractivity contribution >= 4 is 16.9 Å². The number of esters is 1. The number of carbonyl (C=O) groups excluding carboxylic acids is 1. The molecule has 0 spiro atoms. The van der Waals surface area contributed by atoms with Gasteiger partial charge in [-0.2, -0.15) is 0 Å². The van der Waals surface area contributed by atoms with Crippen LogP contribution in [-0.4, -0.2) is 40.1 Å². The summed E-state index contributed by atoms with van der Waals surface area (Å²) in [6, 6.07) is 15.9. The first kappa shape index (κ1) is 18.5. The lowest BCUT2D eigenvalue weighted by molar-refractivity contribution is 0.0344. The Morgan fingerprint density at radius 2 is 2.10 bits per heavy atom. The SMILES string of the molecule is Cc1cccc(-c2[nH]ccc2-c2ccc3ncc(C(=O)O[C@H]4CCNC4)cc3c2)n1. The predicted octanol–water partition coefficient (Wildman–Crippen LogP) is 4.12. The van der Waals surface area contributed by atoms with Crippen molar-refractivity contribution in [3.8, 4) is 22.5 Å². The van der Waals surface area contributed by atoms with Crippen LogP contribution in [0.4, 0.5) is 0 Å². The van der Waals surface area contributed by atoms with Crippen molar-refractivity contribution in [1.82, 2.24) is 20.3 Å². The number of hydrogen-bond donors (Lipinski definition) is 2. The van der Waals surface area contributed by atoms with Gasteiger partial charge in [-0.05, 0) is 61.9 Å². The minimum Gasteiger partial charge on any atom is -0.457 e. The van der Waals surface area contributed by atoms with Gasteiger partial charge in [0.25, 0.3) is 0 Å². The second kappa shape index (κ2) is 7.72. The summed E-state index contributed by atoms with van der Waals surface area (Å²) in [6.07, 6.45) is 4.29. The Morgan fingerprint density at radius 3 is 2.93 bits per heavy atom. The summed E-state index contributed by atoms with van der Waals surface area (Å²) in [5.74, 6) is -0.324. The summed E-state index contributed by atoms with van der Waals surface area (Å²) in [4.78, 5) is 24.9. The molecule has 4 aromatic rings. The van der Waals surface area contributed by atoms with Crippen molar-refractivity contribution in [3.63, 3.8) is 0 Å². The number of aromatic amines is 1. The number of nitrogens with one attached hydrogen (secondary N) is 2. The third-order valence-corrected chi connectivity index (χ3v) is 5.41. The van der Waals surface area contributed by atoms with Gasteiger partial charge in [0.1, 0.15) is 6.10 Å². The highest BCUT2D eigenvalue weighted by molar-refractivity contribution is 5.95. The molecule has 5 rings (SSSR count). The van der Waals surface area contributed by atoms with Crippen molar-refractivity contribution in [2.24, 2.45) is 0 Å². The lowest BCUT2D eigenvalue weighted by Crippen LogP contribution is -2.20. The molecule has 2 N–H and O–H groups in total. The van der Waals surface area contributed by atoms with E-state index in [1.807, 2.05) is 55.6 Å². The fourth-order valence-corrected chi connectivity index (χ4v) is 3.86. The van der Waals surface area contributed by atoms with Gasteiger partial charge in [0, 0.05) is 35.6 Å². The average Bonchev–Trinajstić information content (AvgIpc) is 3.45.